The van der Waals surface area contributed by atoms with Gasteiger partial charge in [0.2, 0.25) is 0 Å². The first-order valence-corrected chi connectivity index (χ1v) is 7.36. The number of hydrogen-bond donors (Lipinski definition) is 2. The normalized spacial score (nSPS) is 10.2. The molecule has 0 aliphatic heterocycles. The van der Waals surface area contributed by atoms with Crippen LogP contribution in [0, 0.1) is 0 Å². The van der Waals surface area contributed by atoms with E-state index in [0.717, 1.165) is 5.56 Å². The summed E-state index contributed by atoms with van der Waals surface area (Å²) in [4.78, 5) is 16.0. The second kappa shape index (κ2) is 8.59. The van der Waals surface area contributed by atoms with Crippen molar-refractivity contribution in [3.8, 4) is 11.5 Å². The molecule has 0 amide bonds. The lowest BCUT2D eigenvalue weighted by Gasteiger charge is -2.09. The largest absolute Gasteiger partial charge is 0.493 e. The summed E-state index contributed by atoms with van der Waals surface area (Å²) in [7, 11) is 3.19. The standard InChI is InChI=1S/C16H16N4O3S/c1-17-16(24)20-19-9-11-5-6-13(14(8-11)22-2)23-15(21)12-4-3-7-18-10-12/h3-10H,1-2H3,(H2,17,20,24). The second-order valence-corrected chi connectivity index (χ2v) is 4.90. The van der Waals surface area contributed by atoms with E-state index in [0.29, 0.717) is 22.2 Å². The van der Waals surface area contributed by atoms with Gasteiger partial charge in [-0.25, -0.2) is 4.79 Å². The molecule has 124 valence electrons. The monoisotopic (exact) mass is 344 g/mol. The number of carbonyl (C=O) groups is 1. The minimum atomic E-state index is -0.510. The zero-order chi connectivity index (χ0) is 17.4. The summed E-state index contributed by atoms with van der Waals surface area (Å²) in [5.74, 6) is 0.207. The Kier molecular flexibility index (Phi) is 6.21. The Hall–Kier alpha value is -3.00. The van der Waals surface area contributed by atoms with Gasteiger partial charge in [-0.2, -0.15) is 5.10 Å². The number of methoxy groups -OCH3 is 1. The lowest BCUT2D eigenvalue weighted by molar-refractivity contribution is 0.0729. The van der Waals surface area contributed by atoms with Crippen LogP contribution >= 0.6 is 12.2 Å². The molecule has 0 radical (unpaired) electrons. The SMILES string of the molecule is CNC(=S)NN=Cc1ccc(OC(=O)c2cccnc2)c(OC)c1. The molecule has 1 aromatic carbocycles. The molecule has 24 heavy (non-hydrogen) atoms. The number of nitrogens with zero attached hydrogens (tertiary/aromatic N) is 2. The minimum absolute atomic E-state index is 0.308. The molecule has 2 N–H and O–H groups in total. The van der Waals surface area contributed by atoms with E-state index in [1.54, 1.807) is 49.8 Å². The van der Waals surface area contributed by atoms with E-state index in [4.69, 9.17) is 21.7 Å². The first-order valence-electron chi connectivity index (χ1n) is 6.95. The maximum absolute atomic E-state index is 12.1. The van der Waals surface area contributed by atoms with Gasteiger partial charge in [-0.1, -0.05) is 0 Å². The van der Waals surface area contributed by atoms with Gasteiger partial charge in [-0.05, 0) is 48.1 Å². The highest BCUT2D eigenvalue weighted by atomic mass is 32.1. The van der Waals surface area contributed by atoms with E-state index >= 15 is 0 Å². The predicted molar refractivity (Wildman–Crippen MR) is 94.6 cm³/mol. The van der Waals surface area contributed by atoms with Crippen molar-refractivity contribution in [1.82, 2.24) is 15.7 Å². The van der Waals surface area contributed by atoms with Crippen molar-refractivity contribution in [2.24, 2.45) is 5.10 Å². The number of carbonyl (C=O) groups excluding carboxylic acids is 1. The Bertz CT molecular complexity index is 750. The van der Waals surface area contributed by atoms with E-state index < -0.39 is 5.97 Å². The molecule has 0 fully saturated rings. The van der Waals surface area contributed by atoms with Crippen LogP contribution in [0.2, 0.25) is 0 Å². The van der Waals surface area contributed by atoms with Crippen LogP contribution < -0.4 is 20.2 Å². The van der Waals surface area contributed by atoms with Crippen LogP contribution in [0.4, 0.5) is 0 Å². The Balaban J connectivity index is 2.11. The highest BCUT2D eigenvalue weighted by molar-refractivity contribution is 7.80. The second-order valence-electron chi connectivity index (χ2n) is 4.49. The maximum Gasteiger partial charge on any atom is 0.345 e. The summed E-state index contributed by atoms with van der Waals surface area (Å²) >= 11 is 4.91. The number of nitrogens with one attached hydrogen (secondary N) is 2. The number of hydrogen-bond acceptors (Lipinski definition) is 6. The first-order chi connectivity index (χ1) is 11.6. The average molecular weight is 344 g/mol. The summed E-state index contributed by atoms with van der Waals surface area (Å²) in [6.07, 6.45) is 4.59. The molecule has 1 heterocycles. The van der Waals surface area contributed by atoms with Crippen molar-refractivity contribution in [3.63, 3.8) is 0 Å². The smallest absolute Gasteiger partial charge is 0.345 e. The summed E-state index contributed by atoms with van der Waals surface area (Å²) in [6, 6.07) is 8.35. The molecule has 0 saturated heterocycles. The number of rotatable bonds is 5. The van der Waals surface area contributed by atoms with Crippen molar-refractivity contribution >= 4 is 29.5 Å². The van der Waals surface area contributed by atoms with Gasteiger partial charge in [0.25, 0.3) is 0 Å². The topological polar surface area (TPSA) is 84.8 Å². The molecule has 0 spiro atoms. The summed E-state index contributed by atoms with van der Waals surface area (Å²) < 4.78 is 10.6. The van der Waals surface area contributed by atoms with Crippen LogP contribution in [0.5, 0.6) is 11.5 Å². The fourth-order valence-corrected chi connectivity index (χ4v) is 1.77. The Morgan fingerprint density at radius 3 is 2.83 bits per heavy atom. The van der Waals surface area contributed by atoms with Crippen LogP contribution in [0.25, 0.3) is 0 Å². The van der Waals surface area contributed by atoms with E-state index in [-0.39, 0.29) is 0 Å². The van der Waals surface area contributed by atoms with Crippen LogP contribution in [-0.4, -0.2) is 36.4 Å². The third-order valence-corrected chi connectivity index (χ3v) is 3.19. The quantitative estimate of drug-likeness (QED) is 0.281. The fourth-order valence-electron chi connectivity index (χ4n) is 1.71. The van der Waals surface area contributed by atoms with Gasteiger partial charge in [0.1, 0.15) is 0 Å². The van der Waals surface area contributed by atoms with E-state index in [1.807, 2.05) is 0 Å². The van der Waals surface area contributed by atoms with Crippen molar-refractivity contribution in [2.75, 3.05) is 14.2 Å². The average Bonchev–Trinajstić information content (AvgIpc) is 2.63. The van der Waals surface area contributed by atoms with Crippen LogP contribution in [0.15, 0.2) is 47.8 Å². The molecule has 2 rings (SSSR count). The van der Waals surface area contributed by atoms with Gasteiger partial charge in [0.15, 0.2) is 16.6 Å². The summed E-state index contributed by atoms with van der Waals surface area (Å²) in [5, 5.41) is 7.12. The molecule has 0 aliphatic carbocycles. The highest BCUT2D eigenvalue weighted by Crippen LogP contribution is 2.28. The summed E-state index contributed by atoms with van der Waals surface area (Å²) in [5.41, 5.74) is 3.75. The zero-order valence-corrected chi connectivity index (χ0v) is 14.0. The molecule has 1 aromatic heterocycles. The molecule has 0 bridgehead atoms. The van der Waals surface area contributed by atoms with Crippen molar-refractivity contribution in [2.45, 2.75) is 0 Å². The number of aromatic nitrogens is 1. The van der Waals surface area contributed by atoms with Crippen molar-refractivity contribution in [3.05, 3.63) is 53.9 Å². The van der Waals surface area contributed by atoms with Crippen LogP contribution in [-0.2, 0) is 0 Å². The highest BCUT2D eigenvalue weighted by Gasteiger charge is 2.12. The van der Waals surface area contributed by atoms with Crippen LogP contribution in [0.1, 0.15) is 15.9 Å². The number of esters is 1. The number of benzene rings is 1. The molecule has 0 aliphatic rings. The first kappa shape index (κ1) is 17.4. The van der Waals surface area contributed by atoms with Gasteiger partial charge in [-0.15, -0.1) is 0 Å². The van der Waals surface area contributed by atoms with Crippen molar-refractivity contribution in [1.29, 1.82) is 0 Å². The van der Waals surface area contributed by atoms with Gasteiger partial charge >= 0.3 is 5.97 Å². The van der Waals surface area contributed by atoms with Gasteiger partial charge in [-0.3, -0.25) is 10.4 Å². The number of thiocarbonyl (C=S) groups is 1. The molecule has 8 heteroatoms. The van der Waals surface area contributed by atoms with Crippen LogP contribution in [0.3, 0.4) is 0 Å². The Morgan fingerprint density at radius 1 is 1.33 bits per heavy atom. The molecule has 7 nitrogen and oxygen atoms in total. The third-order valence-electron chi connectivity index (χ3n) is 2.89. The lowest BCUT2D eigenvalue weighted by Crippen LogP contribution is -2.28. The van der Waals surface area contributed by atoms with Crippen molar-refractivity contribution < 1.29 is 14.3 Å². The van der Waals surface area contributed by atoms with E-state index in [2.05, 4.69) is 20.8 Å². The molecular weight excluding hydrogens is 328 g/mol. The molecular formula is C16H16N4O3S. The number of pyridine rings is 1. The van der Waals surface area contributed by atoms with Gasteiger partial charge < -0.3 is 14.8 Å². The van der Waals surface area contributed by atoms with Gasteiger partial charge in [0, 0.05) is 19.4 Å². The van der Waals surface area contributed by atoms with E-state index in [1.165, 1.54) is 13.3 Å². The predicted octanol–water partition coefficient (Wildman–Crippen LogP) is 1.74. The molecule has 0 saturated carbocycles. The zero-order valence-electron chi connectivity index (χ0n) is 13.1. The number of hydrazone groups is 1. The minimum Gasteiger partial charge on any atom is -0.493 e. The third kappa shape index (κ3) is 4.75. The fraction of sp³-hybridized carbons (Fsp3) is 0.125. The van der Waals surface area contributed by atoms with Gasteiger partial charge in [0.05, 0.1) is 18.9 Å². The Labute approximate surface area is 144 Å². The Morgan fingerprint density at radius 2 is 2.17 bits per heavy atom. The maximum atomic E-state index is 12.1. The molecule has 0 atom stereocenters. The summed E-state index contributed by atoms with van der Waals surface area (Å²) in [6.45, 7) is 0. The number of ether oxygens (including phenoxy) is 2. The molecule has 2 aromatic rings. The van der Waals surface area contributed by atoms with E-state index in [9.17, 15) is 4.79 Å². The molecule has 0 unspecified atom stereocenters. The lowest BCUT2D eigenvalue weighted by atomic mass is 10.2.